The van der Waals surface area contributed by atoms with Crippen LogP contribution in [0.15, 0.2) is 17.1 Å². The minimum Gasteiger partial charge on any atom is -0.372 e. The molecule has 0 aromatic heterocycles. The summed E-state index contributed by atoms with van der Waals surface area (Å²) in [5.74, 6) is 0.971. The fraction of sp³-hybridized carbons (Fsp3) is 0.462. The number of aliphatic imine (C=N–C) groups is 1. The lowest BCUT2D eigenvalue weighted by Gasteiger charge is -2.14. The third-order valence-electron chi connectivity index (χ3n) is 3.06. The molecule has 2 N–H and O–H groups in total. The fourth-order valence-corrected chi connectivity index (χ4v) is 2.78. The molecule has 1 aliphatic rings. The predicted octanol–water partition coefficient (Wildman–Crippen LogP) is 1.22. The average molecular weight is 281 g/mol. The van der Waals surface area contributed by atoms with Crippen LogP contribution < -0.4 is 10.0 Å². The average Bonchev–Trinajstić information content (AvgIpc) is 2.75. The SMILES string of the molecule is Cc1cc(CC2=NCCN2)c(C)c(NS(C)(=O)=O)c1. The summed E-state index contributed by atoms with van der Waals surface area (Å²) in [6.45, 7) is 5.58. The summed E-state index contributed by atoms with van der Waals surface area (Å²) in [5.41, 5.74) is 3.73. The van der Waals surface area contributed by atoms with Gasteiger partial charge in [0.25, 0.3) is 0 Å². The van der Waals surface area contributed by atoms with Gasteiger partial charge in [-0.3, -0.25) is 9.71 Å². The zero-order valence-corrected chi connectivity index (χ0v) is 12.3. The van der Waals surface area contributed by atoms with Gasteiger partial charge in [0, 0.05) is 13.0 Å². The van der Waals surface area contributed by atoms with Crippen LogP contribution in [-0.2, 0) is 16.4 Å². The van der Waals surface area contributed by atoms with Crippen molar-refractivity contribution in [1.82, 2.24) is 5.32 Å². The van der Waals surface area contributed by atoms with E-state index in [1.165, 1.54) is 0 Å². The van der Waals surface area contributed by atoms with Gasteiger partial charge in [-0.05, 0) is 36.6 Å². The molecule has 0 unspecified atom stereocenters. The Hall–Kier alpha value is -1.56. The van der Waals surface area contributed by atoms with Crippen molar-refractivity contribution in [2.24, 2.45) is 4.99 Å². The van der Waals surface area contributed by atoms with Crippen LogP contribution in [0.2, 0.25) is 0 Å². The molecule has 1 aliphatic heterocycles. The summed E-state index contributed by atoms with van der Waals surface area (Å²) in [6.07, 6.45) is 1.88. The van der Waals surface area contributed by atoms with Gasteiger partial charge in [-0.15, -0.1) is 0 Å². The largest absolute Gasteiger partial charge is 0.372 e. The summed E-state index contributed by atoms with van der Waals surface area (Å²) in [7, 11) is -3.26. The van der Waals surface area contributed by atoms with E-state index in [9.17, 15) is 8.42 Å². The molecule has 5 nitrogen and oxygen atoms in total. The molecule has 1 heterocycles. The molecule has 1 aromatic carbocycles. The molecule has 0 aliphatic carbocycles. The third kappa shape index (κ3) is 3.70. The van der Waals surface area contributed by atoms with Crippen molar-refractivity contribution in [2.75, 3.05) is 24.1 Å². The van der Waals surface area contributed by atoms with Crippen LogP contribution in [0.25, 0.3) is 0 Å². The van der Waals surface area contributed by atoms with Crippen LogP contribution in [0.1, 0.15) is 16.7 Å². The highest BCUT2D eigenvalue weighted by atomic mass is 32.2. The number of aryl methyl sites for hydroxylation is 1. The molecule has 6 heteroatoms. The predicted molar refractivity (Wildman–Crippen MR) is 78.4 cm³/mol. The topological polar surface area (TPSA) is 70.6 Å². The minimum atomic E-state index is -3.26. The lowest BCUT2D eigenvalue weighted by molar-refractivity contribution is 0.607. The molecule has 2 rings (SSSR count). The van der Waals surface area contributed by atoms with Gasteiger partial charge < -0.3 is 5.32 Å². The van der Waals surface area contributed by atoms with Gasteiger partial charge in [-0.1, -0.05) is 6.07 Å². The maximum atomic E-state index is 11.4. The monoisotopic (exact) mass is 281 g/mol. The van der Waals surface area contributed by atoms with Crippen molar-refractivity contribution in [1.29, 1.82) is 0 Å². The number of hydrogen-bond acceptors (Lipinski definition) is 4. The summed E-state index contributed by atoms with van der Waals surface area (Å²) in [4.78, 5) is 4.37. The Balaban J connectivity index is 2.33. The maximum absolute atomic E-state index is 11.4. The quantitative estimate of drug-likeness (QED) is 0.871. The summed E-state index contributed by atoms with van der Waals surface area (Å²) >= 11 is 0. The number of hydrogen-bond donors (Lipinski definition) is 2. The second-order valence-electron chi connectivity index (χ2n) is 4.90. The Morgan fingerprint density at radius 2 is 2.11 bits per heavy atom. The van der Waals surface area contributed by atoms with Gasteiger partial charge in [0.05, 0.1) is 18.5 Å². The Bertz CT molecular complexity index is 621. The second-order valence-corrected chi connectivity index (χ2v) is 6.65. The third-order valence-corrected chi connectivity index (χ3v) is 3.65. The molecule has 0 atom stereocenters. The summed E-state index contributed by atoms with van der Waals surface area (Å²) in [5, 5.41) is 3.23. The van der Waals surface area contributed by atoms with E-state index >= 15 is 0 Å². The molecular weight excluding hydrogens is 262 g/mol. The summed E-state index contributed by atoms with van der Waals surface area (Å²) in [6, 6.07) is 3.93. The van der Waals surface area contributed by atoms with Crippen LogP contribution >= 0.6 is 0 Å². The first-order valence-corrected chi connectivity index (χ1v) is 8.09. The Morgan fingerprint density at radius 1 is 1.37 bits per heavy atom. The zero-order chi connectivity index (χ0) is 14.0. The Morgan fingerprint density at radius 3 is 2.68 bits per heavy atom. The number of nitrogens with one attached hydrogen (secondary N) is 2. The van der Waals surface area contributed by atoms with Crippen molar-refractivity contribution in [2.45, 2.75) is 20.3 Å². The van der Waals surface area contributed by atoms with Crippen LogP contribution in [0.5, 0.6) is 0 Å². The molecule has 0 bridgehead atoms. The van der Waals surface area contributed by atoms with Crippen molar-refractivity contribution >= 4 is 21.5 Å². The number of benzene rings is 1. The van der Waals surface area contributed by atoms with Gasteiger partial charge >= 0.3 is 0 Å². The standard InChI is InChI=1S/C13H19N3O2S/c1-9-6-11(8-13-14-4-5-15-13)10(2)12(7-9)16-19(3,17)18/h6-7,16H,4-5,8H2,1-3H3,(H,14,15). The van der Waals surface area contributed by atoms with Crippen LogP contribution in [0.4, 0.5) is 5.69 Å². The second kappa shape index (κ2) is 5.21. The molecule has 0 radical (unpaired) electrons. The van der Waals surface area contributed by atoms with E-state index in [2.05, 4.69) is 21.1 Å². The number of anilines is 1. The van der Waals surface area contributed by atoms with Gasteiger partial charge in [-0.2, -0.15) is 0 Å². The summed E-state index contributed by atoms with van der Waals surface area (Å²) < 4.78 is 25.3. The van der Waals surface area contributed by atoms with Crippen LogP contribution in [-0.4, -0.2) is 33.6 Å². The Kier molecular flexibility index (Phi) is 3.80. The number of nitrogens with zero attached hydrogens (tertiary/aromatic N) is 1. The van der Waals surface area contributed by atoms with Crippen molar-refractivity contribution in [3.8, 4) is 0 Å². The molecule has 1 aromatic rings. The van der Waals surface area contributed by atoms with Gasteiger partial charge in [0.15, 0.2) is 0 Å². The van der Waals surface area contributed by atoms with E-state index in [1.54, 1.807) is 0 Å². The van der Waals surface area contributed by atoms with Crippen molar-refractivity contribution in [3.63, 3.8) is 0 Å². The first-order chi connectivity index (χ1) is 8.85. The highest BCUT2D eigenvalue weighted by Gasteiger charge is 2.13. The van der Waals surface area contributed by atoms with Gasteiger partial charge in [0.1, 0.15) is 5.84 Å². The number of rotatable bonds is 4. The smallest absolute Gasteiger partial charge is 0.229 e. The van der Waals surface area contributed by atoms with E-state index in [0.717, 1.165) is 41.9 Å². The molecule has 0 amide bonds. The molecule has 0 spiro atoms. The molecule has 0 saturated carbocycles. The van der Waals surface area contributed by atoms with Crippen molar-refractivity contribution in [3.05, 3.63) is 28.8 Å². The van der Waals surface area contributed by atoms with E-state index in [0.29, 0.717) is 12.1 Å². The first kappa shape index (κ1) is 13.9. The van der Waals surface area contributed by atoms with Gasteiger partial charge in [0.2, 0.25) is 10.0 Å². The number of amidine groups is 1. The Labute approximate surface area is 114 Å². The minimum absolute atomic E-state index is 0.649. The maximum Gasteiger partial charge on any atom is 0.229 e. The van der Waals surface area contributed by atoms with E-state index in [1.807, 2.05) is 19.9 Å². The molecule has 0 fully saturated rings. The lowest BCUT2D eigenvalue weighted by atomic mass is 10.0. The van der Waals surface area contributed by atoms with Crippen LogP contribution in [0, 0.1) is 13.8 Å². The fourth-order valence-electron chi connectivity index (χ4n) is 2.17. The zero-order valence-electron chi connectivity index (χ0n) is 11.4. The van der Waals surface area contributed by atoms with Crippen molar-refractivity contribution < 1.29 is 8.42 Å². The molecule has 0 saturated heterocycles. The molecule has 104 valence electrons. The molecule has 19 heavy (non-hydrogen) atoms. The first-order valence-electron chi connectivity index (χ1n) is 6.20. The van der Waals surface area contributed by atoms with E-state index in [4.69, 9.17) is 0 Å². The lowest BCUT2D eigenvalue weighted by Crippen LogP contribution is -2.21. The highest BCUT2D eigenvalue weighted by molar-refractivity contribution is 7.92. The van der Waals surface area contributed by atoms with E-state index < -0.39 is 10.0 Å². The highest BCUT2D eigenvalue weighted by Crippen LogP contribution is 2.23. The van der Waals surface area contributed by atoms with Crippen LogP contribution in [0.3, 0.4) is 0 Å². The van der Waals surface area contributed by atoms with E-state index in [-0.39, 0.29) is 0 Å². The normalized spacial score (nSPS) is 15.0. The molecular formula is C13H19N3O2S. The van der Waals surface area contributed by atoms with Gasteiger partial charge in [-0.25, -0.2) is 8.42 Å². The number of sulfonamides is 1.